The maximum atomic E-state index is 12.4. The Hall–Kier alpha value is -1.96. The molecule has 2 rings (SSSR count). The van der Waals surface area contributed by atoms with E-state index in [2.05, 4.69) is 15.5 Å². The number of hydrogen-bond donors (Lipinski definition) is 1. The fourth-order valence-electron chi connectivity index (χ4n) is 1.74. The van der Waals surface area contributed by atoms with Crippen molar-refractivity contribution in [2.24, 2.45) is 0 Å². The second-order valence-electron chi connectivity index (χ2n) is 4.47. The van der Waals surface area contributed by atoms with E-state index in [4.69, 9.17) is 0 Å². The number of carbonyl (C=O) groups excluding carboxylic acids is 1. The van der Waals surface area contributed by atoms with Gasteiger partial charge >= 0.3 is 6.18 Å². The van der Waals surface area contributed by atoms with E-state index in [1.807, 2.05) is 37.3 Å². The SMILES string of the molecule is CC(CC(=O)Nc1nnc(C(F)(F)F)s1)c1ccccc1. The first-order chi connectivity index (χ1) is 9.86. The fourth-order valence-corrected chi connectivity index (χ4v) is 2.36. The van der Waals surface area contributed by atoms with Crippen molar-refractivity contribution in [2.45, 2.75) is 25.4 Å². The topological polar surface area (TPSA) is 54.9 Å². The highest BCUT2D eigenvalue weighted by Gasteiger charge is 2.35. The molecule has 8 heteroatoms. The Bertz CT molecular complexity index is 613. The molecular formula is C13H12F3N3OS. The molecule has 1 N–H and O–H groups in total. The molecule has 2 aromatic rings. The van der Waals surface area contributed by atoms with Crippen molar-refractivity contribution < 1.29 is 18.0 Å². The van der Waals surface area contributed by atoms with Crippen molar-refractivity contribution in [3.05, 3.63) is 40.9 Å². The Balaban J connectivity index is 1.94. The number of nitrogens with one attached hydrogen (secondary N) is 1. The maximum absolute atomic E-state index is 12.4. The molecule has 1 amide bonds. The molecule has 0 aliphatic heterocycles. The number of carbonyl (C=O) groups is 1. The van der Waals surface area contributed by atoms with Gasteiger partial charge in [0.15, 0.2) is 0 Å². The van der Waals surface area contributed by atoms with Crippen molar-refractivity contribution in [1.29, 1.82) is 0 Å². The molecule has 1 heterocycles. The summed E-state index contributed by atoms with van der Waals surface area (Å²) >= 11 is 0.312. The smallest absolute Gasteiger partial charge is 0.301 e. The van der Waals surface area contributed by atoms with E-state index in [-0.39, 0.29) is 17.5 Å². The Labute approximate surface area is 123 Å². The second kappa shape index (κ2) is 6.21. The number of benzene rings is 1. The molecule has 1 atom stereocenters. The van der Waals surface area contributed by atoms with Gasteiger partial charge in [0.2, 0.25) is 16.0 Å². The normalized spacial score (nSPS) is 13.0. The third-order valence-electron chi connectivity index (χ3n) is 2.77. The van der Waals surface area contributed by atoms with Gasteiger partial charge in [0.1, 0.15) is 0 Å². The molecule has 1 aromatic carbocycles. The van der Waals surface area contributed by atoms with E-state index in [0.29, 0.717) is 11.3 Å². The zero-order chi connectivity index (χ0) is 15.5. The molecule has 0 aliphatic carbocycles. The van der Waals surface area contributed by atoms with E-state index in [1.54, 1.807) is 0 Å². The molecule has 0 aliphatic rings. The summed E-state index contributed by atoms with van der Waals surface area (Å²) in [5, 5.41) is 7.45. The molecule has 0 saturated heterocycles. The highest BCUT2D eigenvalue weighted by molar-refractivity contribution is 7.15. The van der Waals surface area contributed by atoms with E-state index < -0.39 is 17.1 Å². The number of halogens is 3. The minimum Gasteiger partial charge on any atom is -0.301 e. The number of alkyl halides is 3. The molecule has 0 fully saturated rings. The second-order valence-corrected chi connectivity index (χ2v) is 5.45. The Morgan fingerprint density at radius 1 is 1.29 bits per heavy atom. The van der Waals surface area contributed by atoms with Gasteiger partial charge in [-0.05, 0) is 11.5 Å². The summed E-state index contributed by atoms with van der Waals surface area (Å²) < 4.78 is 37.1. The zero-order valence-electron chi connectivity index (χ0n) is 11.0. The third-order valence-corrected chi connectivity index (χ3v) is 3.66. The highest BCUT2D eigenvalue weighted by atomic mass is 32.1. The number of rotatable bonds is 4. The Morgan fingerprint density at radius 2 is 1.95 bits per heavy atom. The summed E-state index contributed by atoms with van der Waals surface area (Å²) in [6.45, 7) is 1.87. The van der Waals surface area contributed by atoms with Crippen LogP contribution in [0.3, 0.4) is 0 Å². The summed E-state index contributed by atoms with van der Waals surface area (Å²) in [5.41, 5.74) is 0.987. The van der Waals surface area contributed by atoms with Gasteiger partial charge in [-0.3, -0.25) is 4.79 Å². The van der Waals surface area contributed by atoms with Crippen molar-refractivity contribution in [3.8, 4) is 0 Å². The van der Waals surface area contributed by atoms with Crippen molar-refractivity contribution in [1.82, 2.24) is 10.2 Å². The van der Waals surface area contributed by atoms with E-state index in [1.165, 1.54) is 0 Å². The van der Waals surface area contributed by atoms with E-state index in [0.717, 1.165) is 5.56 Å². The van der Waals surface area contributed by atoms with Crippen LogP contribution in [0.2, 0.25) is 0 Å². The molecule has 1 unspecified atom stereocenters. The lowest BCUT2D eigenvalue weighted by Crippen LogP contribution is -2.14. The minimum absolute atomic E-state index is 0.0405. The molecule has 0 spiro atoms. The lowest BCUT2D eigenvalue weighted by Gasteiger charge is -2.10. The van der Waals surface area contributed by atoms with Crippen LogP contribution < -0.4 is 5.32 Å². The Morgan fingerprint density at radius 3 is 2.52 bits per heavy atom. The predicted molar refractivity (Wildman–Crippen MR) is 73.0 cm³/mol. The standard InChI is InChI=1S/C13H12F3N3OS/c1-8(9-5-3-2-4-6-9)7-10(20)17-12-19-18-11(21-12)13(14,15)16/h2-6,8H,7H2,1H3,(H,17,19,20). The molecule has 112 valence electrons. The third kappa shape index (κ3) is 4.25. The van der Waals surface area contributed by atoms with Gasteiger partial charge in [0.25, 0.3) is 0 Å². The molecule has 4 nitrogen and oxygen atoms in total. The zero-order valence-corrected chi connectivity index (χ0v) is 11.8. The van der Waals surface area contributed by atoms with Crippen LogP contribution in [0.25, 0.3) is 0 Å². The first-order valence-electron chi connectivity index (χ1n) is 6.12. The van der Waals surface area contributed by atoms with Gasteiger partial charge in [-0.15, -0.1) is 10.2 Å². The summed E-state index contributed by atoms with van der Waals surface area (Å²) in [6, 6.07) is 9.39. The van der Waals surface area contributed by atoms with E-state index in [9.17, 15) is 18.0 Å². The number of aromatic nitrogens is 2. The average molecular weight is 315 g/mol. The van der Waals surface area contributed by atoms with Crippen molar-refractivity contribution in [2.75, 3.05) is 5.32 Å². The van der Waals surface area contributed by atoms with Crippen LogP contribution in [0.4, 0.5) is 18.3 Å². The average Bonchev–Trinajstić information content (AvgIpc) is 2.88. The lowest BCUT2D eigenvalue weighted by atomic mass is 9.98. The van der Waals surface area contributed by atoms with Gasteiger partial charge in [-0.25, -0.2) is 0 Å². The number of anilines is 1. The van der Waals surface area contributed by atoms with Gasteiger partial charge < -0.3 is 5.32 Å². The predicted octanol–water partition coefficient (Wildman–Crippen LogP) is 3.69. The van der Waals surface area contributed by atoms with Crippen molar-refractivity contribution in [3.63, 3.8) is 0 Å². The maximum Gasteiger partial charge on any atom is 0.445 e. The van der Waals surface area contributed by atoms with E-state index >= 15 is 0 Å². The first kappa shape index (κ1) is 15.4. The van der Waals surface area contributed by atoms with Crippen LogP contribution in [0.5, 0.6) is 0 Å². The van der Waals surface area contributed by atoms with Crippen LogP contribution in [-0.2, 0) is 11.0 Å². The van der Waals surface area contributed by atoms with Crippen LogP contribution in [-0.4, -0.2) is 16.1 Å². The molecule has 0 radical (unpaired) electrons. The van der Waals surface area contributed by atoms with Gasteiger partial charge in [0, 0.05) is 6.42 Å². The van der Waals surface area contributed by atoms with Gasteiger partial charge in [0.05, 0.1) is 0 Å². The Kier molecular flexibility index (Phi) is 4.56. The highest BCUT2D eigenvalue weighted by Crippen LogP contribution is 2.33. The summed E-state index contributed by atoms with van der Waals surface area (Å²) in [7, 11) is 0. The quantitative estimate of drug-likeness (QED) is 0.936. The molecule has 0 bridgehead atoms. The van der Waals surface area contributed by atoms with Gasteiger partial charge in [-0.1, -0.05) is 48.6 Å². The molecule has 1 aromatic heterocycles. The van der Waals surface area contributed by atoms with Crippen LogP contribution >= 0.6 is 11.3 Å². The van der Waals surface area contributed by atoms with Crippen LogP contribution in [0.15, 0.2) is 30.3 Å². The minimum atomic E-state index is -4.54. The monoisotopic (exact) mass is 315 g/mol. The lowest BCUT2D eigenvalue weighted by molar-refractivity contribution is -0.138. The fraction of sp³-hybridized carbons (Fsp3) is 0.308. The summed E-state index contributed by atoms with van der Waals surface area (Å²) in [6.07, 6.45) is -4.39. The largest absolute Gasteiger partial charge is 0.445 e. The number of nitrogens with zero attached hydrogens (tertiary/aromatic N) is 2. The molecule has 0 saturated carbocycles. The van der Waals surface area contributed by atoms with Crippen LogP contribution in [0.1, 0.15) is 29.8 Å². The summed E-state index contributed by atoms with van der Waals surface area (Å²) in [4.78, 5) is 11.8. The number of amides is 1. The van der Waals surface area contributed by atoms with Crippen molar-refractivity contribution >= 4 is 22.4 Å². The van der Waals surface area contributed by atoms with Gasteiger partial charge in [-0.2, -0.15) is 13.2 Å². The summed E-state index contributed by atoms with van der Waals surface area (Å²) in [5.74, 6) is -0.433. The molecular weight excluding hydrogens is 303 g/mol. The number of hydrogen-bond acceptors (Lipinski definition) is 4. The van der Waals surface area contributed by atoms with Crippen LogP contribution in [0, 0.1) is 0 Å². The first-order valence-corrected chi connectivity index (χ1v) is 6.93. The molecule has 21 heavy (non-hydrogen) atoms.